The van der Waals surface area contributed by atoms with Gasteiger partial charge in [0.25, 0.3) is 0 Å². The monoisotopic (exact) mass is 255 g/mol. The number of nitrogens with zero attached hydrogens (tertiary/aromatic N) is 1. The number of alkyl halides is 1. The molecule has 0 saturated carbocycles. The zero-order valence-electron chi connectivity index (χ0n) is 10.4. The van der Waals surface area contributed by atoms with Gasteiger partial charge in [0.1, 0.15) is 0 Å². The molecule has 0 amide bonds. The van der Waals surface area contributed by atoms with E-state index in [-0.39, 0.29) is 11.3 Å². The highest BCUT2D eigenvalue weighted by Gasteiger charge is 2.32. The van der Waals surface area contributed by atoms with Crippen molar-refractivity contribution in [2.75, 3.05) is 6.61 Å². The number of carbonyl (C=O) groups is 1. The Morgan fingerprint density at radius 1 is 1.47 bits per heavy atom. The number of rotatable bonds is 5. The molecule has 0 spiro atoms. The van der Waals surface area contributed by atoms with Crippen molar-refractivity contribution in [3.8, 4) is 0 Å². The highest BCUT2D eigenvalue weighted by Crippen LogP contribution is 2.35. The molecule has 0 aromatic carbocycles. The first-order valence-corrected chi connectivity index (χ1v) is 6.12. The van der Waals surface area contributed by atoms with Crippen molar-refractivity contribution in [3.05, 3.63) is 30.1 Å². The van der Waals surface area contributed by atoms with Crippen molar-refractivity contribution < 1.29 is 9.53 Å². The molecular formula is C13H18ClNO2. The Balaban J connectivity index is 2.67. The van der Waals surface area contributed by atoms with Gasteiger partial charge < -0.3 is 4.74 Å². The first-order chi connectivity index (χ1) is 7.97. The average Bonchev–Trinajstić information content (AvgIpc) is 2.30. The summed E-state index contributed by atoms with van der Waals surface area (Å²) in [6.45, 7) is 5.89. The lowest BCUT2D eigenvalue weighted by atomic mass is 9.86. The first-order valence-electron chi connectivity index (χ1n) is 5.68. The maximum absolute atomic E-state index is 11.7. The maximum atomic E-state index is 11.7. The highest BCUT2D eigenvalue weighted by molar-refractivity contribution is 6.20. The van der Waals surface area contributed by atoms with Crippen molar-refractivity contribution in [3.63, 3.8) is 0 Å². The molecule has 17 heavy (non-hydrogen) atoms. The molecule has 0 aliphatic heterocycles. The number of esters is 1. The van der Waals surface area contributed by atoms with Crippen LogP contribution in [0.25, 0.3) is 0 Å². The van der Waals surface area contributed by atoms with Gasteiger partial charge in [0.15, 0.2) is 0 Å². The van der Waals surface area contributed by atoms with Crippen LogP contribution in [0.3, 0.4) is 0 Å². The van der Waals surface area contributed by atoms with Crippen LogP contribution >= 0.6 is 11.6 Å². The molecule has 0 radical (unpaired) electrons. The van der Waals surface area contributed by atoms with Crippen molar-refractivity contribution in [1.82, 2.24) is 4.98 Å². The Kier molecular flexibility index (Phi) is 4.94. The number of halogens is 1. The number of hydrogen-bond donors (Lipinski definition) is 0. The van der Waals surface area contributed by atoms with Gasteiger partial charge in [0, 0.05) is 12.4 Å². The van der Waals surface area contributed by atoms with Crippen molar-refractivity contribution in [2.24, 2.45) is 5.41 Å². The van der Waals surface area contributed by atoms with E-state index < -0.39 is 5.41 Å². The number of ether oxygens (including phenoxy) is 1. The van der Waals surface area contributed by atoms with Crippen LogP contribution in [0.4, 0.5) is 0 Å². The van der Waals surface area contributed by atoms with Crippen molar-refractivity contribution in [2.45, 2.75) is 32.6 Å². The third-order valence-electron chi connectivity index (χ3n) is 2.59. The molecule has 0 N–H and O–H groups in total. The highest BCUT2D eigenvalue weighted by atomic mass is 35.5. The smallest absolute Gasteiger partial charge is 0.311 e. The van der Waals surface area contributed by atoms with Gasteiger partial charge in [-0.2, -0.15) is 0 Å². The van der Waals surface area contributed by atoms with Gasteiger partial charge in [-0.15, -0.1) is 11.6 Å². The Morgan fingerprint density at radius 2 is 2.06 bits per heavy atom. The van der Waals surface area contributed by atoms with E-state index in [1.807, 2.05) is 26.0 Å². The standard InChI is InChI=1S/C13H18ClNO2/c1-4-17-12(16)13(2,3)9-11(14)10-5-7-15-8-6-10/h5-8,11H,4,9H2,1-3H3. The quantitative estimate of drug-likeness (QED) is 0.598. The molecule has 1 heterocycles. The molecule has 0 bridgehead atoms. The van der Waals surface area contributed by atoms with Gasteiger partial charge >= 0.3 is 5.97 Å². The third kappa shape index (κ3) is 4.00. The second-order valence-electron chi connectivity index (χ2n) is 4.56. The molecule has 94 valence electrons. The topological polar surface area (TPSA) is 39.2 Å². The average molecular weight is 256 g/mol. The molecule has 1 aromatic rings. The number of pyridine rings is 1. The first kappa shape index (κ1) is 14.0. The summed E-state index contributed by atoms with van der Waals surface area (Å²) in [4.78, 5) is 15.7. The molecule has 0 fully saturated rings. The number of aromatic nitrogens is 1. The van der Waals surface area contributed by atoms with E-state index >= 15 is 0 Å². The molecule has 1 atom stereocenters. The van der Waals surface area contributed by atoms with Crippen LogP contribution in [0.2, 0.25) is 0 Å². The van der Waals surface area contributed by atoms with Crippen LogP contribution < -0.4 is 0 Å². The SMILES string of the molecule is CCOC(=O)C(C)(C)CC(Cl)c1ccncc1. The Morgan fingerprint density at radius 3 is 2.59 bits per heavy atom. The lowest BCUT2D eigenvalue weighted by Crippen LogP contribution is -2.27. The summed E-state index contributed by atoms with van der Waals surface area (Å²) in [6.07, 6.45) is 3.93. The van der Waals surface area contributed by atoms with Gasteiger partial charge in [-0.25, -0.2) is 0 Å². The van der Waals surface area contributed by atoms with Crippen LogP contribution in [0, 0.1) is 5.41 Å². The second-order valence-corrected chi connectivity index (χ2v) is 5.08. The summed E-state index contributed by atoms with van der Waals surface area (Å²) in [5.41, 5.74) is 0.394. The fraction of sp³-hybridized carbons (Fsp3) is 0.538. The summed E-state index contributed by atoms with van der Waals surface area (Å²) in [5.74, 6) is -0.209. The van der Waals surface area contributed by atoms with Crippen molar-refractivity contribution >= 4 is 17.6 Å². The van der Waals surface area contributed by atoms with Crippen LogP contribution in [-0.4, -0.2) is 17.6 Å². The molecule has 0 saturated heterocycles. The van der Waals surface area contributed by atoms with E-state index in [1.54, 1.807) is 19.3 Å². The lowest BCUT2D eigenvalue weighted by molar-refractivity contribution is -0.153. The van der Waals surface area contributed by atoms with Crippen LogP contribution in [-0.2, 0) is 9.53 Å². The molecule has 1 aromatic heterocycles. The molecule has 1 unspecified atom stereocenters. The zero-order valence-corrected chi connectivity index (χ0v) is 11.2. The summed E-state index contributed by atoms with van der Waals surface area (Å²) >= 11 is 6.30. The molecule has 4 heteroatoms. The maximum Gasteiger partial charge on any atom is 0.311 e. The minimum absolute atomic E-state index is 0.209. The third-order valence-corrected chi connectivity index (χ3v) is 2.99. The van der Waals surface area contributed by atoms with Gasteiger partial charge in [0.2, 0.25) is 0 Å². The Bertz CT molecular complexity index is 365. The predicted molar refractivity (Wildman–Crippen MR) is 67.9 cm³/mol. The van der Waals surface area contributed by atoms with Gasteiger partial charge in [0.05, 0.1) is 17.4 Å². The Hall–Kier alpha value is -1.09. The van der Waals surface area contributed by atoms with E-state index in [4.69, 9.17) is 16.3 Å². The normalized spacial score (nSPS) is 13.2. The minimum atomic E-state index is -0.578. The fourth-order valence-electron chi connectivity index (χ4n) is 1.55. The van der Waals surface area contributed by atoms with E-state index in [9.17, 15) is 4.79 Å². The summed E-state index contributed by atoms with van der Waals surface area (Å²) in [7, 11) is 0. The van der Waals surface area contributed by atoms with E-state index in [1.165, 1.54) is 0 Å². The predicted octanol–water partition coefficient (Wildman–Crippen LogP) is 3.34. The summed E-state index contributed by atoms with van der Waals surface area (Å²) < 4.78 is 5.03. The van der Waals surface area contributed by atoms with Crippen LogP contribution in [0.5, 0.6) is 0 Å². The van der Waals surface area contributed by atoms with E-state index in [2.05, 4.69) is 4.98 Å². The Labute approximate surface area is 107 Å². The van der Waals surface area contributed by atoms with Crippen LogP contribution in [0.15, 0.2) is 24.5 Å². The summed E-state index contributed by atoms with van der Waals surface area (Å²) in [6, 6.07) is 3.72. The largest absolute Gasteiger partial charge is 0.466 e. The molecular weight excluding hydrogens is 238 g/mol. The molecule has 0 aliphatic rings. The number of hydrogen-bond acceptors (Lipinski definition) is 3. The van der Waals surface area contributed by atoms with E-state index in [0.717, 1.165) is 5.56 Å². The molecule has 0 aliphatic carbocycles. The second kappa shape index (κ2) is 6.01. The van der Waals surface area contributed by atoms with Gasteiger partial charge in [-0.05, 0) is 44.9 Å². The van der Waals surface area contributed by atoms with Gasteiger partial charge in [-0.1, -0.05) is 0 Å². The zero-order chi connectivity index (χ0) is 12.9. The molecule has 1 rings (SSSR count). The summed E-state index contributed by atoms with van der Waals surface area (Å²) in [5, 5.41) is -0.211. The molecule has 3 nitrogen and oxygen atoms in total. The lowest BCUT2D eigenvalue weighted by Gasteiger charge is -2.24. The fourth-order valence-corrected chi connectivity index (χ4v) is 2.08. The number of carbonyl (C=O) groups excluding carboxylic acids is 1. The minimum Gasteiger partial charge on any atom is -0.466 e. The van der Waals surface area contributed by atoms with Gasteiger partial charge in [-0.3, -0.25) is 9.78 Å². The van der Waals surface area contributed by atoms with Crippen molar-refractivity contribution in [1.29, 1.82) is 0 Å². The van der Waals surface area contributed by atoms with E-state index in [0.29, 0.717) is 13.0 Å². The van der Waals surface area contributed by atoms with Crippen LogP contribution in [0.1, 0.15) is 38.1 Å².